The molecule has 2 N–H and O–H groups in total. The summed E-state index contributed by atoms with van der Waals surface area (Å²) in [4.78, 5) is 13.3. The molecule has 0 unspecified atom stereocenters. The highest BCUT2D eigenvalue weighted by molar-refractivity contribution is 9.10. The van der Waals surface area contributed by atoms with Crippen molar-refractivity contribution in [1.29, 1.82) is 0 Å². The number of hydrogen-bond acceptors (Lipinski definition) is 4. The third-order valence-corrected chi connectivity index (χ3v) is 7.28. The van der Waals surface area contributed by atoms with E-state index in [1.165, 1.54) is 22.9 Å². The van der Waals surface area contributed by atoms with Crippen molar-refractivity contribution >= 4 is 45.4 Å². The van der Waals surface area contributed by atoms with Crippen LogP contribution < -0.4 is 15.4 Å². The van der Waals surface area contributed by atoms with Crippen molar-refractivity contribution in [3.63, 3.8) is 0 Å². The maximum absolute atomic E-state index is 12.6. The van der Waals surface area contributed by atoms with Crippen molar-refractivity contribution in [2.24, 2.45) is 0 Å². The van der Waals surface area contributed by atoms with Crippen LogP contribution in [-0.4, -0.2) is 11.4 Å². The van der Waals surface area contributed by atoms with Crippen molar-refractivity contribution < 1.29 is 9.53 Å². The predicted octanol–water partition coefficient (Wildman–Crippen LogP) is 7.23. The molecule has 0 aromatic heterocycles. The normalized spacial score (nSPS) is 16.3. The molecule has 4 nitrogen and oxygen atoms in total. The van der Waals surface area contributed by atoms with Gasteiger partial charge in [-0.1, -0.05) is 66.7 Å². The van der Waals surface area contributed by atoms with Gasteiger partial charge in [-0.15, -0.1) is 6.58 Å². The van der Waals surface area contributed by atoms with Crippen molar-refractivity contribution in [2.45, 2.75) is 38.8 Å². The molecule has 0 bridgehead atoms. The Bertz CT molecular complexity index is 1250. The Morgan fingerprint density at radius 3 is 2.66 bits per heavy atom. The van der Waals surface area contributed by atoms with Crippen LogP contribution in [0.5, 0.6) is 5.75 Å². The average Bonchev–Trinajstić information content (AvgIpc) is 3.17. The first-order valence-electron chi connectivity index (χ1n) is 11.6. The van der Waals surface area contributed by atoms with Crippen LogP contribution in [-0.2, 0) is 24.2 Å². The largest absolute Gasteiger partial charge is 0.487 e. The van der Waals surface area contributed by atoms with Gasteiger partial charge in [-0.3, -0.25) is 4.79 Å². The minimum atomic E-state index is -0.214. The first-order valence-corrected chi connectivity index (χ1v) is 13.3. The topological polar surface area (TPSA) is 50.4 Å². The molecule has 3 aromatic rings. The van der Waals surface area contributed by atoms with Crippen LogP contribution in [0, 0.1) is 6.92 Å². The molecule has 0 spiro atoms. The SMILES string of the molecule is C=CCc1cc(/C=C2\S[C@@H](Nc3ccc(CC)cc3)NC2=O)cc(Br)c1OCc1cccc(C)c1. The highest BCUT2D eigenvalue weighted by Gasteiger charge is 2.27. The zero-order valence-corrected chi connectivity index (χ0v) is 22.3. The van der Waals surface area contributed by atoms with Crippen LogP contribution in [0.2, 0.25) is 0 Å². The number of amides is 1. The van der Waals surface area contributed by atoms with E-state index in [4.69, 9.17) is 4.74 Å². The molecule has 1 amide bonds. The highest BCUT2D eigenvalue weighted by Crippen LogP contribution is 2.35. The Kier molecular flexibility index (Phi) is 8.37. The van der Waals surface area contributed by atoms with Crippen molar-refractivity contribution in [3.05, 3.63) is 111 Å². The number of carbonyl (C=O) groups is 1. The number of rotatable bonds is 9. The van der Waals surface area contributed by atoms with Gasteiger partial charge in [0.2, 0.25) is 0 Å². The maximum atomic E-state index is 12.6. The Balaban J connectivity index is 1.50. The number of aryl methyl sites for hydroxylation is 2. The standard InChI is InChI=1S/C29H29BrN2O2S/c1-4-7-23-15-22(16-25(30)27(23)34-18-21-9-6-8-19(3)14-21)17-26-28(33)32-29(35-26)31-24-12-10-20(5-2)11-13-24/h4,6,8-17,29,31H,1,5,7,18H2,2-3H3,(H,32,33)/b26-17-/t29-/m0/s1. The first kappa shape index (κ1) is 25.1. The molecular weight excluding hydrogens is 520 g/mol. The van der Waals surface area contributed by atoms with Crippen molar-refractivity contribution in [2.75, 3.05) is 5.32 Å². The summed E-state index contributed by atoms with van der Waals surface area (Å²) in [6.45, 7) is 8.59. The second kappa shape index (κ2) is 11.6. The summed E-state index contributed by atoms with van der Waals surface area (Å²) in [6.07, 6.45) is 5.44. The Labute approximate surface area is 220 Å². The molecular formula is C29H29BrN2O2S. The van der Waals surface area contributed by atoms with E-state index >= 15 is 0 Å². The van der Waals surface area contributed by atoms with Gasteiger partial charge < -0.3 is 15.4 Å². The number of hydrogen-bond donors (Lipinski definition) is 2. The molecule has 1 aliphatic rings. The van der Waals surface area contributed by atoms with Crippen LogP contribution in [0.1, 0.15) is 34.7 Å². The molecule has 4 rings (SSSR count). The number of anilines is 1. The Hall–Kier alpha value is -2.96. The molecule has 35 heavy (non-hydrogen) atoms. The maximum Gasteiger partial charge on any atom is 0.260 e. The zero-order chi connectivity index (χ0) is 24.8. The van der Waals surface area contributed by atoms with Gasteiger partial charge in [-0.25, -0.2) is 0 Å². The van der Waals surface area contributed by atoms with Gasteiger partial charge in [0, 0.05) is 5.69 Å². The molecule has 1 fully saturated rings. The third kappa shape index (κ3) is 6.59. The highest BCUT2D eigenvalue weighted by atomic mass is 79.9. The first-order chi connectivity index (χ1) is 16.9. The summed E-state index contributed by atoms with van der Waals surface area (Å²) in [5, 5.41) is 6.38. The summed E-state index contributed by atoms with van der Waals surface area (Å²) in [5.41, 5.74) is 6.32. The van der Waals surface area contributed by atoms with Crippen molar-refractivity contribution in [3.8, 4) is 5.75 Å². The zero-order valence-electron chi connectivity index (χ0n) is 19.9. The number of benzene rings is 3. The summed E-state index contributed by atoms with van der Waals surface area (Å²) in [5.74, 6) is 0.714. The van der Waals surface area contributed by atoms with Gasteiger partial charge in [0.15, 0.2) is 5.50 Å². The Morgan fingerprint density at radius 2 is 1.94 bits per heavy atom. The van der Waals surface area contributed by atoms with E-state index in [2.05, 4.69) is 83.4 Å². The van der Waals surface area contributed by atoms with E-state index in [1.807, 2.05) is 36.4 Å². The average molecular weight is 550 g/mol. The quantitative estimate of drug-likeness (QED) is 0.219. The van der Waals surface area contributed by atoms with Crippen LogP contribution >= 0.6 is 27.7 Å². The number of thioether (sulfide) groups is 1. The Morgan fingerprint density at radius 1 is 1.14 bits per heavy atom. The number of halogens is 1. The van der Waals surface area contributed by atoms with E-state index in [9.17, 15) is 4.79 Å². The molecule has 1 atom stereocenters. The molecule has 0 radical (unpaired) electrons. The third-order valence-electron chi connectivity index (χ3n) is 5.66. The van der Waals surface area contributed by atoms with Gasteiger partial charge >= 0.3 is 0 Å². The molecule has 0 aliphatic carbocycles. The van der Waals surface area contributed by atoms with Crippen LogP contribution in [0.3, 0.4) is 0 Å². The summed E-state index contributed by atoms with van der Waals surface area (Å²) >= 11 is 5.16. The van der Waals surface area contributed by atoms with Crippen LogP contribution in [0.15, 0.2) is 82.7 Å². The minimum Gasteiger partial charge on any atom is -0.487 e. The lowest BCUT2D eigenvalue weighted by Gasteiger charge is -2.14. The summed E-state index contributed by atoms with van der Waals surface area (Å²) in [7, 11) is 0. The lowest BCUT2D eigenvalue weighted by molar-refractivity contribution is -0.116. The smallest absolute Gasteiger partial charge is 0.260 e. The molecule has 0 saturated carbocycles. The van der Waals surface area contributed by atoms with E-state index < -0.39 is 0 Å². The number of carbonyl (C=O) groups excluding carboxylic acids is 1. The second-order valence-electron chi connectivity index (χ2n) is 8.44. The van der Waals surface area contributed by atoms with Gasteiger partial charge in [0.25, 0.3) is 5.91 Å². The lowest BCUT2D eigenvalue weighted by atomic mass is 10.1. The van der Waals surface area contributed by atoms with E-state index in [0.29, 0.717) is 17.9 Å². The molecule has 6 heteroatoms. The molecule has 1 aliphatic heterocycles. The van der Waals surface area contributed by atoms with Crippen LogP contribution in [0.4, 0.5) is 5.69 Å². The second-order valence-corrected chi connectivity index (χ2v) is 10.4. The molecule has 1 saturated heterocycles. The molecule has 180 valence electrons. The van der Waals surface area contributed by atoms with Gasteiger partial charge in [0.1, 0.15) is 12.4 Å². The monoisotopic (exact) mass is 548 g/mol. The molecule has 3 aromatic carbocycles. The summed E-state index contributed by atoms with van der Waals surface area (Å²) < 4.78 is 7.05. The van der Waals surface area contributed by atoms with E-state index in [0.717, 1.165) is 39.0 Å². The number of allylic oxidation sites excluding steroid dienone is 1. The van der Waals surface area contributed by atoms with E-state index in [1.54, 1.807) is 0 Å². The fourth-order valence-electron chi connectivity index (χ4n) is 3.89. The molecule has 1 heterocycles. The number of ether oxygens (including phenoxy) is 1. The fraction of sp³-hybridized carbons (Fsp3) is 0.207. The summed E-state index contributed by atoms with van der Waals surface area (Å²) in [6, 6.07) is 20.6. The predicted molar refractivity (Wildman–Crippen MR) is 150 cm³/mol. The number of nitrogens with one attached hydrogen (secondary N) is 2. The van der Waals surface area contributed by atoms with E-state index in [-0.39, 0.29) is 11.4 Å². The lowest BCUT2D eigenvalue weighted by Crippen LogP contribution is -2.30. The fourth-order valence-corrected chi connectivity index (χ4v) is 5.51. The van der Waals surface area contributed by atoms with Crippen molar-refractivity contribution in [1.82, 2.24) is 5.32 Å². The van der Waals surface area contributed by atoms with Crippen LogP contribution in [0.25, 0.3) is 6.08 Å². The van der Waals surface area contributed by atoms with Gasteiger partial charge in [-0.2, -0.15) is 0 Å². The minimum absolute atomic E-state index is 0.0844. The van der Waals surface area contributed by atoms with Gasteiger partial charge in [-0.05, 0) is 88.3 Å². The van der Waals surface area contributed by atoms with Gasteiger partial charge in [0.05, 0.1) is 9.38 Å².